The molecule has 0 bridgehead atoms. The Hall–Kier alpha value is -4.17. The van der Waals surface area contributed by atoms with Crippen molar-refractivity contribution in [2.45, 2.75) is 0 Å². The average molecular weight is 441 g/mol. The lowest BCUT2D eigenvalue weighted by Gasteiger charge is -2.09. The highest BCUT2D eigenvalue weighted by molar-refractivity contribution is 6.32. The molecule has 0 unspecified atom stereocenters. The summed E-state index contributed by atoms with van der Waals surface area (Å²) in [7, 11) is 0. The molecule has 0 spiro atoms. The molecular weight excluding hydrogens is 428 g/mol. The molecule has 0 saturated carbocycles. The summed E-state index contributed by atoms with van der Waals surface area (Å²) < 4.78 is 10.4. The zero-order valence-electron chi connectivity index (χ0n) is 15.6. The molecule has 0 saturated heterocycles. The Bertz CT molecular complexity index is 1170. The predicted molar refractivity (Wildman–Crippen MR) is 108 cm³/mol. The van der Waals surface area contributed by atoms with Crippen LogP contribution in [-0.4, -0.2) is 34.1 Å². The number of halogens is 1. The fourth-order valence-electron chi connectivity index (χ4n) is 2.45. The van der Waals surface area contributed by atoms with Crippen LogP contribution in [0.3, 0.4) is 0 Å². The number of carboxylic acids is 2. The first kappa shape index (κ1) is 21.5. The lowest BCUT2D eigenvalue weighted by Crippen LogP contribution is -2.10. The van der Waals surface area contributed by atoms with Gasteiger partial charge in [-0.2, -0.15) is 0 Å². The number of rotatable bonds is 6. The second-order valence-electron chi connectivity index (χ2n) is 6.14. The van der Waals surface area contributed by atoms with Crippen LogP contribution >= 0.6 is 11.6 Å². The van der Waals surface area contributed by atoms with Crippen molar-refractivity contribution in [3.63, 3.8) is 0 Å². The van der Waals surface area contributed by atoms with E-state index in [2.05, 4.69) is 0 Å². The van der Waals surface area contributed by atoms with Crippen LogP contribution in [0.2, 0.25) is 5.02 Å². The Morgan fingerprint density at radius 2 is 1.03 bits per heavy atom. The number of hydrogen-bond acceptors (Lipinski definition) is 6. The third-order valence-corrected chi connectivity index (χ3v) is 4.35. The van der Waals surface area contributed by atoms with Crippen molar-refractivity contribution in [3.8, 4) is 11.5 Å². The minimum absolute atomic E-state index is 0.00188. The van der Waals surface area contributed by atoms with Gasteiger partial charge in [-0.15, -0.1) is 0 Å². The largest absolute Gasteiger partial charge is 0.478 e. The molecule has 0 amide bonds. The van der Waals surface area contributed by atoms with Crippen LogP contribution in [0.5, 0.6) is 11.5 Å². The van der Waals surface area contributed by atoms with Gasteiger partial charge in [-0.1, -0.05) is 11.6 Å². The van der Waals surface area contributed by atoms with Gasteiger partial charge in [-0.05, 0) is 60.7 Å². The second kappa shape index (κ2) is 9.10. The van der Waals surface area contributed by atoms with Crippen LogP contribution in [0.15, 0.2) is 66.7 Å². The molecule has 0 fully saturated rings. The maximum atomic E-state index is 12.2. The molecule has 0 aliphatic rings. The first-order chi connectivity index (χ1) is 14.7. The molecule has 0 heterocycles. The van der Waals surface area contributed by atoms with Gasteiger partial charge in [0.2, 0.25) is 0 Å². The van der Waals surface area contributed by atoms with Crippen LogP contribution in [0.4, 0.5) is 0 Å². The fraction of sp³-hybridized carbons (Fsp3) is 0. The lowest BCUT2D eigenvalue weighted by atomic mass is 10.1. The normalized spacial score (nSPS) is 10.2. The van der Waals surface area contributed by atoms with Crippen molar-refractivity contribution in [2.75, 3.05) is 0 Å². The van der Waals surface area contributed by atoms with Crippen molar-refractivity contribution in [3.05, 3.63) is 94.0 Å². The maximum absolute atomic E-state index is 12.2. The lowest BCUT2D eigenvalue weighted by molar-refractivity contribution is 0.0685. The van der Waals surface area contributed by atoms with E-state index >= 15 is 0 Å². The van der Waals surface area contributed by atoms with Gasteiger partial charge in [0.05, 0.1) is 27.3 Å². The zero-order valence-corrected chi connectivity index (χ0v) is 16.3. The van der Waals surface area contributed by atoms with E-state index in [-0.39, 0.29) is 38.8 Å². The van der Waals surface area contributed by atoms with Crippen molar-refractivity contribution in [1.82, 2.24) is 0 Å². The number of carboxylic acid groups (broad SMARTS) is 2. The van der Waals surface area contributed by atoms with E-state index in [4.69, 9.17) is 31.3 Å². The van der Waals surface area contributed by atoms with Gasteiger partial charge in [-0.3, -0.25) is 0 Å². The smallest absolute Gasteiger partial charge is 0.343 e. The SMILES string of the molecule is O=C(O)c1ccc(C(=O)Oc2ccc(OC(=O)c3ccc(C(=O)O)cc3)c(Cl)c2)cc1. The highest BCUT2D eigenvalue weighted by atomic mass is 35.5. The van der Waals surface area contributed by atoms with Crippen molar-refractivity contribution in [2.24, 2.45) is 0 Å². The first-order valence-electron chi connectivity index (χ1n) is 8.65. The number of esters is 2. The van der Waals surface area contributed by atoms with Crippen molar-refractivity contribution in [1.29, 1.82) is 0 Å². The molecule has 0 aliphatic heterocycles. The van der Waals surface area contributed by atoms with E-state index in [0.717, 1.165) is 0 Å². The van der Waals surface area contributed by atoms with Gasteiger partial charge in [0.15, 0.2) is 0 Å². The standard InChI is InChI=1S/C22H13ClO8/c23-17-11-16(30-21(28)14-5-1-12(2-6-14)19(24)25)9-10-18(17)31-22(29)15-7-3-13(4-8-15)20(26)27/h1-11H,(H,24,25)(H,26,27). The number of carbonyl (C=O) groups excluding carboxylic acids is 2. The summed E-state index contributed by atoms with van der Waals surface area (Å²) >= 11 is 6.10. The third-order valence-electron chi connectivity index (χ3n) is 4.05. The molecule has 9 heteroatoms. The number of benzene rings is 3. The minimum Gasteiger partial charge on any atom is -0.478 e. The predicted octanol–water partition coefficient (Wildman–Crippen LogP) is 4.17. The number of hydrogen-bond donors (Lipinski definition) is 2. The van der Waals surface area contributed by atoms with Gasteiger partial charge in [0.25, 0.3) is 0 Å². The van der Waals surface area contributed by atoms with Crippen LogP contribution < -0.4 is 9.47 Å². The van der Waals surface area contributed by atoms with Gasteiger partial charge in [-0.25, -0.2) is 19.2 Å². The monoisotopic (exact) mass is 440 g/mol. The highest BCUT2D eigenvalue weighted by Crippen LogP contribution is 2.30. The molecule has 156 valence electrons. The topological polar surface area (TPSA) is 127 Å². The quantitative estimate of drug-likeness (QED) is 0.431. The molecule has 0 aliphatic carbocycles. The summed E-state index contributed by atoms with van der Waals surface area (Å²) in [6.45, 7) is 0. The fourth-order valence-corrected chi connectivity index (χ4v) is 2.66. The third kappa shape index (κ3) is 5.26. The Morgan fingerprint density at radius 1 is 0.613 bits per heavy atom. The Balaban J connectivity index is 1.67. The van der Waals surface area contributed by atoms with E-state index in [9.17, 15) is 19.2 Å². The molecule has 3 aromatic carbocycles. The number of ether oxygens (including phenoxy) is 2. The van der Waals surface area contributed by atoms with E-state index in [1.807, 2.05) is 0 Å². The zero-order chi connectivity index (χ0) is 22.5. The molecule has 2 N–H and O–H groups in total. The van der Waals surface area contributed by atoms with Gasteiger partial charge in [0.1, 0.15) is 11.5 Å². The highest BCUT2D eigenvalue weighted by Gasteiger charge is 2.15. The van der Waals surface area contributed by atoms with Crippen LogP contribution in [0.25, 0.3) is 0 Å². The summed E-state index contributed by atoms with van der Waals surface area (Å²) in [4.78, 5) is 46.1. The molecule has 8 nitrogen and oxygen atoms in total. The molecule has 0 atom stereocenters. The average Bonchev–Trinajstić information content (AvgIpc) is 2.75. The van der Waals surface area contributed by atoms with E-state index in [1.54, 1.807) is 0 Å². The van der Waals surface area contributed by atoms with E-state index in [1.165, 1.54) is 66.7 Å². The molecule has 3 rings (SSSR count). The Morgan fingerprint density at radius 3 is 1.45 bits per heavy atom. The summed E-state index contributed by atoms with van der Waals surface area (Å²) in [6, 6.07) is 14.3. The van der Waals surface area contributed by atoms with Gasteiger partial charge in [0, 0.05) is 6.07 Å². The Labute approximate surface area is 180 Å². The Kier molecular flexibility index (Phi) is 6.32. The summed E-state index contributed by atoms with van der Waals surface area (Å²) in [5.74, 6) is -3.61. The molecular formula is C22H13ClO8. The minimum atomic E-state index is -1.12. The molecule has 3 aromatic rings. The second-order valence-corrected chi connectivity index (χ2v) is 6.54. The van der Waals surface area contributed by atoms with Crippen molar-refractivity contribution < 1.29 is 38.9 Å². The summed E-state index contributed by atoms with van der Waals surface area (Å²) in [5.41, 5.74) is 0.324. The number of carbonyl (C=O) groups is 4. The van der Waals surface area contributed by atoms with Crippen LogP contribution in [-0.2, 0) is 0 Å². The van der Waals surface area contributed by atoms with E-state index < -0.39 is 23.9 Å². The molecule has 0 radical (unpaired) electrons. The molecule has 31 heavy (non-hydrogen) atoms. The van der Waals surface area contributed by atoms with Crippen LogP contribution in [0.1, 0.15) is 41.4 Å². The first-order valence-corrected chi connectivity index (χ1v) is 9.03. The van der Waals surface area contributed by atoms with Crippen molar-refractivity contribution >= 4 is 35.5 Å². The van der Waals surface area contributed by atoms with Gasteiger partial charge >= 0.3 is 23.9 Å². The van der Waals surface area contributed by atoms with Gasteiger partial charge < -0.3 is 19.7 Å². The van der Waals surface area contributed by atoms with Crippen LogP contribution in [0, 0.1) is 0 Å². The summed E-state index contributed by atoms with van der Waals surface area (Å²) in [5, 5.41) is 17.8. The van der Waals surface area contributed by atoms with E-state index in [0.29, 0.717) is 0 Å². The molecule has 0 aromatic heterocycles. The summed E-state index contributed by atoms with van der Waals surface area (Å²) in [6.07, 6.45) is 0. The number of aromatic carboxylic acids is 2. The maximum Gasteiger partial charge on any atom is 0.343 e.